The molecule has 0 unspecified atom stereocenters. The first-order valence-corrected chi connectivity index (χ1v) is 9.85. The lowest BCUT2D eigenvalue weighted by Gasteiger charge is -2.23. The quantitative estimate of drug-likeness (QED) is 0.608. The van der Waals surface area contributed by atoms with E-state index < -0.39 is 30.6 Å². The van der Waals surface area contributed by atoms with E-state index in [2.05, 4.69) is 33.9 Å². The Morgan fingerprint density at radius 1 is 1.39 bits per heavy atom. The van der Waals surface area contributed by atoms with Gasteiger partial charge in [-0.3, -0.25) is 14.5 Å². The number of pyridine rings is 1. The second-order valence-corrected chi connectivity index (χ2v) is 8.03. The molecule has 0 saturated carbocycles. The molecule has 0 aliphatic rings. The minimum Gasteiger partial charge on any atom is -0.444 e. The van der Waals surface area contributed by atoms with Gasteiger partial charge in [-0.05, 0) is 44.9 Å². The van der Waals surface area contributed by atoms with Crippen LogP contribution in [0.15, 0.2) is 49.8 Å². The molecule has 2 amide bonds. The van der Waals surface area contributed by atoms with E-state index in [0.29, 0.717) is 12.0 Å². The number of rotatable bonds is 8. The van der Waals surface area contributed by atoms with Gasteiger partial charge in [0.15, 0.2) is 0 Å². The summed E-state index contributed by atoms with van der Waals surface area (Å²) >= 11 is 0. The average molecular weight is 429 g/mol. The first-order valence-electron chi connectivity index (χ1n) is 11.4. The largest absolute Gasteiger partial charge is 0.444 e. The molecule has 2 aromatic heterocycles. The van der Waals surface area contributed by atoms with E-state index in [1.807, 2.05) is 0 Å². The van der Waals surface area contributed by atoms with E-state index >= 15 is 0 Å². The van der Waals surface area contributed by atoms with Crippen LogP contribution in [0.2, 0.25) is 0 Å². The van der Waals surface area contributed by atoms with Crippen LogP contribution in [0.25, 0.3) is 11.4 Å². The summed E-state index contributed by atoms with van der Waals surface area (Å²) < 4.78 is 29.7. The van der Waals surface area contributed by atoms with E-state index in [9.17, 15) is 9.59 Å². The number of nitrogens with one attached hydrogen (secondary N) is 2. The van der Waals surface area contributed by atoms with Gasteiger partial charge >= 0.3 is 6.09 Å². The van der Waals surface area contributed by atoms with Gasteiger partial charge in [0.05, 0.1) is 29.5 Å². The number of aryl methyl sites for hydroxylation is 1. The third-order valence-electron chi connectivity index (χ3n) is 4.32. The summed E-state index contributed by atoms with van der Waals surface area (Å²) in [4.78, 5) is 29.1. The SMILES string of the molecule is [2H]C([2H])([2H])n1ncc(NC(=O)[C@H](C)C=C)c1-c1cc([C@H](CC=C)NC(=O)OC(C)(C)C)ccn1. The fourth-order valence-electron chi connectivity index (χ4n) is 2.73. The van der Waals surface area contributed by atoms with Gasteiger partial charge in [0.25, 0.3) is 0 Å². The second-order valence-electron chi connectivity index (χ2n) is 8.03. The highest BCUT2D eigenvalue weighted by atomic mass is 16.6. The number of hydrogen-bond acceptors (Lipinski definition) is 5. The maximum absolute atomic E-state index is 12.4. The van der Waals surface area contributed by atoms with Crippen LogP contribution in [-0.2, 0) is 16.5 Å². The third kappa shape index (κ3) is 6.53. The lowest BCUT2D eigenvalue weighted by atomic mass is 10.0. The number of nitrogens with zero attached hydrogens (tertiary/aromatic N) is 3. The monoisotopic (exact) mass is 428 g/mol. The second kappa shape index (κ2) is 10.1. The molecule has 0 radical (unpaired) electrons. The number of anilines is 1. The number of alkyl carbamates (subject to hydrolysis) is 1. The van der Waals surface area contributed by atoms with Crippen molar-refractivity contribution < 1.29 is 18.4 Å². The van der Waals surface area contributed by atoms with Crippen molar-refractivity contribution in [1.29, 1.82) is 0 Å². The minimum absolute atomic E-state index is 0.112. The summed E-state index contributed by atoms with van der Waals surface area (Å²) in [6.45, 7) is 11.7. The van der Waals surface area contributed by atoms with Crippen LogP contribution in [0.3, 0.4) is 0 Å². The number of carbonyl (C=O) groups excluding carboxylic acids is 2. The van der Waals surface area contributed by atoms with Gasteiger partial charge in [0, 0.05) is 17.3 Å². The lowest BCUT2D eigenvalue weighted by Crippen LogP contribution is -2.34. The van der Waals surface area contributed by atoms with E-state index in [4.69, 9.17) is 8.85 Å². The van der Waals surface area contributed by atoms with Gasteiger partial charge in [-0.2, -0.15) is 5.10 Å². The summed E-state index contributed by atoms with van der Waals surface area (Å²) in [6.07, 6.45) is 5.68. The highest BCUT2D eigenvalue weighted by Crippen LogP contribution is 2.29. The third-order valence-corrected chi connectivity index (χ3v) is 4.32. The molecule has 0 aliphatic carbocycles. The first-order chi connectivity index (χ1) is 15.8. The van der Waals surface area contributed by atoms with Gasteiger partial charge in [-0.15, -0.1) is 13.2 Å². The average Bonchev–Trinajstić information content (AvgIpc) is 3.15. The molecule has 2 atom stereocenters. The molecule has 0 fully saturated rings. The highest BCUT2D eigenvalue weighted by molar-refractivity contribution is 5.96. The molecule has 2 rings (SSSR count). The van der Waals surface area contributed by atoms with E-state index in [-0.39, 0.29) is 23.0 Å². The molecule has 166 valence electrons. The number of carbonyl (C=O) groups is 2. The zero-order valence-electron chi connectivity index (χ0n) is 21.3. The molecule has 0 bridgehead atoms. The Balaban J connectivity index is 2.50. The summed E-state index contributed by atoms with van der Waals surface area (Å²) in [7, 11) is 0. The Hall–Kier alpha value is -3.42. The first kappa shape index (κ1) is 19.5. The van der Waals surface area contributed by atoms with Crippen LogP contribution in [0.5, 0.6) is 0 Å². The normalized spacial score (nSPS) is 14.9. The van der Waals surface area contributed by atoms with Crippen LogP contribution in [0.4, 0.5) is 10.5 Å². The van der Waals surface area contributed by atoms with Crippen LogP contribution in [-0.4, -0.2) is 32.4 Å². The van der Waals surface area contributed by atoms with Crippen molar-refractivity contribution in [3.05, 3.63) is 55.4 Å². The zero-order valence-corrected chi connectivity index (χ0v) is 18.3. The molecular weight excluding hydrogens is 394 g/mol. The predicted octanol–water partition coefficient (Wildman–Crippen LogP) is 4.38. The van der Waals surface area contributed by atoms with Gasteiger partial charge in [0.1, 0.15) is 11.3 Å². The predicted molar refractivity (Wildman–Crippen MR) is 121 cm³/mol. The maximum atomic E-state index is 12.4. The van der Waals surface area contributed by atoms with Crippen molar-refractivity contribution in [2.45, 2.75) is 45.8 Å². The Kier molecular flexibility index (Phi) is 6.34. The molecule has 2 N–H and O–H groups in total. The smallest absolute Gasteiger partial charge is 0.408 e. The van der Waals surface area contributed by atoms with E-state index in [1.165, 1.54) is 18.5 Å². The lowest BCUT2D eigenvalue weighted by molar-refractivity contribution is -0.118. The maximum Gasteiger partial charge on any atom is 0.408 e. The van der Waals surface area contributed by atoms with E-state index in [1.54, 1.807) is 45.9 Å². The van der Waals surface area contributed by atoms with Crippen molar-refractivity contribution in [2.24, 2.45) is 12.9 Å². The van der Waals surface area contributed by atoms with Gasteiger partial charge in [-0.1, -0.05) is 19.1 Å². The van der Waals surface area contributed by atoms with E-state index in [0.717, 1.165) is 4.68 Å². The zero-order chi connectivity index (χ0) is 25.7. The molecule has 8 nitrogen and oxygen atoms in total. The van der Waals surface area contributed by atoms with Gasteiger partial charge in [-0.25, -0.2) is 4.79 Å². The number of aromatic nitrogens is 3. The molecule has 2 heterocycles. The van der Waals surface area contributed by atoms with Crippen LogP contribution in [0.1, 0.15) is 49.8 Å². The van der Waals surface area contributed by atoms with Crippen molar-refractivity contribution in [3.63, 3.8) is 0 Å². The molecule has 0 spiro atoms. The van der Waals surface area contributed by atoms with Crippen molar-refractivity contribution in [3.8, 4) is 11.4 Å². The topological polar surface area (TPSA) is 98.1 Å². The van der Waals surface area contributed by atoms with Crippen LogP contribution in [0, 0.1) is 5.92 Å². The van der Waals surface area contributed by atoms with Crippen molar-refractivity contribution >= 4 is 17.7 Å². The van der Waals surface area contributed by atoms with Gasteiger partial charge in [0.2, 0.25) is 5.91 Å². The Morgan fingerprint density at radius 3 is 2.74 bits per heavy atom. The molecule has 8 heteroatoms. The minimum atomic E-state index is -2.62. The number of hydrogen-bond donors (Lipinski definition) is 2. The molecule has 31 heavy (non-hydrogen) atoms. The van der Waals surface area contributed by atoms with Crippen molar-refractivity contribution in [2.75, 3.05) is 5.32 Å². The fourth-order valence-corrected chi connectivity index (χ4v) is 2.73. The highest BCUT2D eigenvalue weighted by Gasteiger charge is 2.22. The molecule has 0 saturated heterocycles. The molecule has 0 aliphatic heterocycles. The Labute approximate surface area is 187 Å². The molecule has 2 aromatic rings. The summed E-state index contributed by atoms with van der Waals surface area (Å²) in [5, 5.41) is 9.47. The summed E-state index contributed by atoms with van der Waals surface area (Å²) in [6, 6.07) is 2.83. The molecule has 0 aromatic carbocycles. The fraction of sp³-hybridized carbons (Fsp3) is 0.391. The van der Waals surface area contributed by atoms with Crippen LogP contribution < -0.4 is 10.6 Å². The van der Waals surface area contributed by atoms with Crippen LogP contribution >= 0.6 is 0 Å². The Bertz CT molecular complexity index is 1060. The number of ether oxygens (including phenoxy) is 1. The standard InChI is InChI=1S/C23H31N5O3/c1-8-10-17(27-22(30)31-23(4,5)6)16-11-12-24-18(13-16)20-19(14-25-28(20)7)26-21(29)15(3)9-2/h8-9,11-15,17H,1-2,10H2,3-7H3,(H,26,29)(H,27,30)/t15-,17+/m1/s1/i7D3. The van der Waals surface area contributed by atoms with Gasteiger partial charge < -0.3 is 15.4 Å². The summed E-state index contributed by atoms with van der Waals surface area (Å²) in [5.74, 6) is -0.869. The molecular formula is C23H31N5O3. The van der Waals surface area contributed by atoms with Crippen molar-refractivity contribution in [1.82, 2.24) is 20.1 Å². The Morgan fingerprint density at radius 2 is 2.13 bits per heavy atom. The number of amides is 2. The summed E-state index contributed by atoms with van der Waals surface area (Å²) in [5.41, 5.74) is 0.535.